The van der Waals surface area contributed by atoms with Crippen LogP contribution < -0.4 is 5.32 Å². The molecule has 1 aliphatic rings. The Bertz CT molecular complexity index is 344. The van der Waals surface area contributed by atoms with Crippen LogP contribution in [-0.2, 0) is 13.1 Å². The molecule has 1 saturated carbocycles. The number of aliphatic hydroxyl groups excluding tert-OH is 1. The molecular weight excluding hydrogens is 214 g/mol. The van der Waals surface area contributed by atoms with Crippen LogP contribution in [0.15, 0.2) is 12.4 Å². The van der Waals surface area contributed by atoms with Gasteiger partial charge in [-0.25, -0.2) is 4.98 Å². The molecule has 0 unspecified atom stereocenters. The van der Waals surface area contributed by atoms with Crippen LogP contribution >= 0.6 is 0 Å². The van der Waals surface area contributed by atoms with Gasteiger partial charge in [-0.1, -0.05) is 6.92 Å². The highest BCUT2D eigenvalue weighted by Crippen LogP contribution is 2.47. The predicted molar refractivity (Wildman–Crippen MR) is 67.6 cm³/mol. The SMILES string of the molecule is CCCn1ccnc1CNCC1(CCO)CC1. The van der Waals surface area contributed by atoms with Crippen molar-refractivity contribution in [3.8, 4) is 0 Å². The number of nitrogens with one attached hydrogen (secondary N) is 1. The molecule has 0 aromatic carbocycles. The van der Waals surface area contributed by atoms with Gasteiger partial charge in [0.25, 0.3) is 0 Å². The number of rotatable bonds is 8. The Morgan fingerprint density at radius 2 is 2.35 bits per heavy atom. The van der Waals surface area contributed by atoms with Crippen molar-refractivity contribution >= 4 is 0 Å². The van der Waals surface area contributed by atoms with Crippen LogP contribution in [0.2, 0.25) is 0 Å². The summed E-state index contributed by atoms with van der Waals surface area (Å²) in [7, 11) is 0. The van der Waals surface area contributed by atoms with Crippen molar-refractivity contribution in [3.05, 3.63) is 18.2 Å². The van der Waals surface area contributed by atoms with Crippen LogP contribution in [0, 0.1) is 5.41 Å². The standard InChI is InChI=1S/C13H23N3O/c1-2-7-16-8-6-15-12(16)10-14-11-13(3-4-13)5-9-17/h6,8,14,17H,2-5,7,9-11H2,1H3. The van der Waals surface area contributed by atoms with E-state index in [1.54, 1.807) is 0 Å². The van der Waals surface area contributed by atoms with Crippen LogP contribution in [0.1, 0.15) is 38.4 Å². The molecule has 0 bridgehead atoms. The molecule has 2 rings (SSSR count). The molecule has 0 radical (unpaired) electrons. The van der Waals surface area contributed by atoms with Gasteiger partial charge in [0, 0.05) is 32.1 Å². The lowest BCUT2D eigenvalue weighted by atomic mass is 10.0. The van der Waals surface area contributed by atoms with Crippen LogP contribution in [-0.4, -0.2) is 27.8 Å². The van der Waals surface area contributed by atoms with Crippen molar-refractivity contribution < 1.29 is 5.11 Å². The van der Waals surface area contributed by atoms with Gasteiger partial charge in [0.05, 0.1) is 6.54 Å². The number of imidazole rings is 1. The first-order valence-corrected chi connectivity index (χ1v) is 6.61. The largest absolute Gasteiger partial charge is 0.396 e. The van der Waals surface area contributed by atoms with Crippen molar-refractivity contribution in [3.63, 3.8) is 0 Å². The second-order valence-electron chi connectivity index (χ2n) is 5.11. The summed E-state index contributed by atoms with van der Waals surface area (Å²) in [4.78, 5) is 4.37. The molecule has 1 heterocycles. The van der Waals surface area contributed by atoms with Gasteiger partial charge in [0.1, 0.15) is 5.82 Å². The third-order valence-corrected chi connectivity index (χ3v) is 3.65. The highest BCUT2D eigenvalue weighted by atomic mass is 16.3. The first kappa shape index (κ1) is 12.6. The highest BCUT2D eigenvalue weighted by Gasteiger charge is 2.41. The van der Waals surface area contributed by atoms with Crippen molar-refractivity contribution in [2.24, 2.45) is 5.41 Å². The lowest BCUT2D eigenvalue weighted by molar-refractivity contribution is 0.245. The van der Waals surface area contributed by atoms with Gasteiger partial charge < -0.3 is 15.0 Å². The smallest absolute Gasteiger partial charge is 0.122 e. The molecule has 17 heavy (non-hydrogen) atoms. The highest BCUT2D eigenvalue weighted by molar-refractivity contribution is 4.96. The number of nitrogens with zero attached hydrogens (tertiary/aromatic N) is 2. The van der Waals surface area contributed by atoms with Gasteiger partial charge in [0.2, 0.25) is 0 Å². The predicted octanol–water partition coefficient (Wildman–Crippen LogP) is 1.55. The molecular formula is C13H23N3O. The van der Waals surface area contributed by atoms with E-state index in [0.717, 1.165) is 38.3 Å². The third kappa shape index (κ3) is 3.30. The Kier molecular flexibility index (Phi) is 4.18. The van der Waals surface area contributed by atoms with Crippen LogP contribution in [0.4, 0.5) is 0 Å². The van der Waals surface area contributed by atoms with Crippen LogP contribution in [0.3, 0.4) is 0 Å². The van der Waals surface area contributed by atoms with E-state index < -0.39 is 0 Å². The number of aryl methyl sites for hydroxylation is 1. The fraction of sp³-hybridized carbons (Fsp3) is 0.769. The van der Waals surface area contributed by atoms with Gasteiger partial charge in [-0.3, -0.25) is 0 Å². The summed E-state index contributed by atoms with van der Waals surface area (Å²) < 4.78 is 2.21. The van der Waals surface area contributed by atoms with Gasteiger partial charge in [-0.2, -0.15) is 0 Å². The van der Waals surface area contributed by atoms with E-state index in [4.69, 9.17) is 5.11 Å². The molecule has 1 fully saturated rings. The summed E-state index contributed by atoms with van der Waals surface area (Å²) in [6, 6.07) is 0. The Morgan fingerprint density at radius 1 is 1.53 bits per heavy atom. The van der Waals surface area contributed by atoms with Crippen molar-refractivity contribution in [2.45, 2.75) is 45.7 Å². The molecule has 1 aromatic heterocycles. The van der Waals surface area contributed by atoms with Crippen molar-refractivity contribution in [2.75, 3.05) is 13.2 Å². The molecule has 0 saturated heterocycles. The quantitative estimate of drug-likeness (QED) is 0.721. The normalized spacial score (nSPS) is 17.3. The third-order valence-electron chi connectivity index (χ3n) is 3.65. The maximum Gasteiger partial charge on any atom is 0.122 e. The topological polar surface area (TPSA) is 50.1 Å². The molecule has 0 amide bonds. The fourth-order valence-corrected chi connectivity index (χ4v) is 2.32. The Labute approximate surface area is 103 Å². The van der Waals surface area contributed by atoms with Gasteiger partial charge in [-0.15, -0.1) is 0 Å². The van der Waals surface area contributed by atoms with Gasteiger partial charge in [-0.05, 0) is 31.1 Å². The first-order chi connectivity index (χ1) is 8.29. The average molecular weight is 237 g/mol. The minimum Gasteiger partial charge on any atom is -0.396 e. The first-order valence-electron chi connectivity index (χ1n) is 6.61. The number of hydrogen-bond acceptors (Lipinski definition) is 3. The van der Waals surface area contributed by atoms with E-state index in [1.807, 2.05) is 12.4 Å². The molecule has 0 spiro atoms. The van der Waals surface area contributed by atoms with Crippen LogP contribution in [0.5, 0.6) is 0 Å². The number of aromatic nitrogens is 2. The minimum absolute atomic E-state index is 0.312. The molecule has 1 aromatic rings. The molecule has 4 heteroatoms. The molecule has 0 atom stereocenters. The molecule has 2 N–H and O–H groups in total. The van der Waals surface area contributed by atoms with Gasteiger partial charge in [0.15, 0.2) is 0 Å². The second kappa shape index (κ2) is 5.65. The zero-order valence-corrected chi connectivity index (χ0v) is 10.7. The monoisotopic (exact) mass is 237 g/mol. The van der Waals surface area contributed by atoms with E-state index in [2.05, 4.69) is 21.8 Å². The number of hydrogen-bond donors (Lipinski definition) is 2. The molecule has 0 aliphatic heterocycles. The van der Waals surface area contributed by atoms with E-state index in [-0.39, 0.29) is 0 Å². The van der Waals surface area contributed by atoms with Crippen molar-refractivity contribution in [1.29, 1.82) is 0 Å². The summed E-state index contributed by atoms with van der Waals surface area (Å²) in [5, 5.41) is 12.5. The summed E-state index contributed by atoms with van der Waals surface area (Å²) in [5.41, 5.74) is 0.386. The Morgan fingerprint density at radius 3 is 3.00 bits per heavy atom. The Hall–Kier alpha value is -0.870. The van der Waals surface area contributed by atoms with E-state index in [1.165, 1.54) is 12.8 Å². The summed E-state index contributed by atoms with van der Waals surface area (Å²) in [6.07, 6.45) is 8.49. The summed E-state index contributed by atoms with van der Waals surface area (Å²) in [6.45, 7) is 5.37. The summed E-state index contributed by atoms with van der Waals surface area (Å²) >= 11 is 0. The zero-order valence-electron chi connectivity index (χ0n) is 10.7. The Balaban J connectivity index is 1.76. The van der Waals surface area contributed by atoms with Crippen molar-refractivity contribution in [1.82, 2.24) is 14.9 Å². The molecule has 1 aliphatic carbocycles. The second-order valence-corrected chi connectivity index (χ2v) is 5.11. The maximum atomic E-state index is 9.00. The van der Waals surface area contributed by atoms with E-state index in [0.29, 0.717) is 12.0 Å². The molecule has 96 valence electrons. The lowest BCUT2D eigenvalue weighted by Gasteiger charge is -2.14. The molecule has 4 nitrogen and oxygen atoms in total. The number of aliphatic hydroxyl groups is 1. The minimum atomic E-state index is 0.312. The lowest BCUT2D eigenvalue weighted by Crippen LogP contribution is -2.25. The van der Waals surface area contributed by atoms with E-state index >= 15 is 0 Å². The average Bonchev–Trinajstić information content (AvgIpc) is 2.93. The maximum absolute atomic E-state index is 9.00. The van der Waals surface area contributed by atoms with Crippen LogP contribution in [0.25, 0.3) is 0 Å². The summed E-state index contributed by atoms with van der Waals surface area (Å²) in [5.74, 6) is 1.12. The van der Waals surface area contributed by atoms with Gasteiger partial charge >= 0.3 is 0 Å². The fourth-order valence-electron chi connectivity index (χ4n) is 2.32. The van der Waals surface area contributed by atoms with E-state index in [9.17, 15) is 0 Å². The zero-order chi connectivity index (χ0) is 12.1.